The minimum atomic E-state index is 0.548. The Morgan fingerprint density at radius 2 is 1.86 bits per heavy atom. The van der Waals surface area contributed by atoms with E-state index in [1.807, 2.05) is 11.6 Å². The smallest absolute Gasteiger partial charge is 0.170 e. The summed E-state index contributed by atoms with van der Waals surface area (Å²) < 4.78 is 2.00. The van der Waals surface area contributed by atoms with Gasteiger partial charge in [-0.1, -0.05) is 23.2 Å². The zero-order valence-electron chi connectivity index (χ0n) is 12.5. The van der Waals surface area contributed by atoms with E-state index in [4.69, 9.17) is 35.4 Å². The van der Waals surface area contributed by atoms with Gasteiger partial charge in [0.2, 0.25) is 0 Å². The van der Waals surface area contributed by atoms with Gasteiger partial charge < -0.3 is 10.6 Å². The summed E-state index contributed by atoms with van der Waals surface area (Å²) in [6.45, 7) is 5.68. The molecular weight excluding hydrogens is 339 g/mol. The lowest BCUT2D eigenvalue weighted by Gasteiger charge is -2.11. The van der Waals surface area contributed by atoms with E-state index in [0.717, 1.165) is 30.9 Å². The summed E-state index contributed by atoms with van der Waals surface area (Å²) in [5, 5.41) is 12.3. The lowest BCUT2D eigenvalue weighted by atomic mass is 10.3. The molecule has 0 aliphatic carbocycles. The van der Waals surface area contributed by atoms with Gasteiger partial charge in [0, 0.05) is 34.5 Å². The van der Waals surface area contributed by atoms with E-state index in [1.54, 1.807) is 18.2 Å². The van der Waals surface area contributed by atoms with Crippen molar-refractivity contribution >= 4 is 46.2 Å². The van der Waals surface area contributed by atoms with Crippen molar-refractivity contribution in [1.29, 1.82) is 0 Å². The largest absolute Gasteiger partial charge is 0.362 e. The first-order valence-electron chi connectivity index (χ1n) is 6.96. The van der Waals surface area contributed by atoms with Gasteiger partial charge >= 0.3 is 0 Å². The highest BCUT2D eigenvalue weighted by Gasteiger charge is 2.02. The molecule has 0 unspecified atom stereocenters. The third kappa shape index (κ3) is 5.16. The van der Waals surface area contributed by atoms with Gasteiger partial charge in [-0.05, 0) is 56.8 Å². The van der Waals surface area contributed by atoms with Crippen molar-refractivity contribution in [2.45, 2.75) is 26.8 Å². The third-order valence-electron chi connectivity index (χ3n) is 3.06. The molecule has 0 atom stereocenters. The molecule has 2 aromatic rings. The van der Waals surface area contributed by atoms with Gasteiger partial charge in [-0.3, -0.25) is 4.68 Å². The van der Waals surface area contributed by atoms with E-state index in [-0.39, 0.29) is 0 Å². The third-order valence-corrected chi connectivity index (χ3v) is 3.74. The van der Waals surface area contributed by atoms with Gasteiger partial charge in [-0.15, -0.1) is 0 Å². The molecule has 4 nitrogen and oxygen atoms in total. The van der Waals surface area contributed by atoms with Crippen LogP contribution in [0.1, 0.15) is 17.8 Å². The maximum atomic E-state index is 5.95. The van der Waals surface area contributed by atoms with E-state index >= 15 is 0 Å². The van der Waals surface area contributed by atoms with Gasteiger partial charge in [0.15, 0.2) is 5.11 Å². The second kappa shape index (κ2) is 7.81. The Kier molecular flexibility index (Phi) is 6.06. The summed E-state index contributed by atoms with van der Waals surface area (Å²) in [5.74, 6) is 0. The van der Waals surface area contributed by atoms with Gasteiger partial charge in [0.05, 0.1) is 5.69 Å². The molecule has 0 amide bonds. The first kappa shape index (κ1) is 17.1. The normalized spacial score (nSPS) is 10.5. The number of thiocarbonyl (C=S) groups is 1. The molecular formula is C15H18Cl2N4S. The van der Waals surface area contributed by atoms with Crippen LogP contribution in [0.2, 0.25) is 10.0 Å². The molecule has 0 saturated heterocycles. The second-order valence-electron chi connectivity index (χ2n) is 5.04. The van der Waals surface area contributed by atoms with Crippen LogP contribution in [-0.2, 0) is 6.54 Å². The van der Waals surface area contributed by atoms with Crippen LogP contribution in [0.15, 0.2) is 24.3 Å². The number of hydrogen-bond donors (Lipinski definition) is 2. The van der Waals surface area contributed by atoms with Crippen LogP contribution in [0.5, 0.6) is 0 Å². The van der Waals surface area contributed by atoms with Gasteiger partial charge in [0.1, 0.15) is 0 Å². The van der Waals surface area contributed by atoms with Crippen LogP contribution >= 0.6 is 35.4 Å². The Morgan fingerprint density at radius 3 is 2.45 bits per heavy atom. The first-order valence-corrected chi connectivity index (χ1v) is 8.12. The molecule has 118 valence electrons. The molecule has 22 heavy (non-hydrogen) atoms. The number of hydrogen-bond acceptors (Lipinski definition) is 2. The Morgan fingerprint density at radius 1 is 1.18 bits per heavy atom. The number of nitrogens with zero attached hydrogens (tertiary/aromatic N) is 2. The van der Waals surface area contributed by atoms with E-state index in [9.17, 15) is 0 Å². The average molecular weight is 357 g/mol. The highest BCUT2D eigenvalue weighted by atomic mass is 35.5. The number of aromatic nitrogens is 2. The fourth-order valence-electron chi connectivity index (χ4n) is 2.13. The first-order chi connectivity index (χ1) is 10.4. The molecule has 0 aliphatic rings. The van der Waals surface area contributed by atoms with Crippen LogP contribution < -0.4 is 10.6 Å². The lowest BCUT2D eigenvalue weighted by Crippen LogP contribution is -2.29. The summed E-state index contributed by atoms with van der Waals surface area (Å²) >= 11 is 17.1. The van der Waals surface area contributed by atoms with E-state index in [2.05, 4.69) is 28.7 Å². The molecule has 0 fully saturated rings. The van der Waals surface area contributed by atoms with Crippen LogP contribution in [0.4, 0.5) is 5.69 Å². The molecule has 0 radical (unpaired) electrons. The number of anilines is 1. The Bertz CT molecular complexity index is 649. The highest BCUT2D eigenvalue weighted by molar-refractivity contribution is 7.80. The fourth-order valence-corrected chi connectivity index (χ4v) is 2.88. The van der Waals surface area contributed by atoms with Gasteiger partial charge in [0.25, 0.3) is 0 Å². The van der Waals surface area contributed by atoms with Crippen molar-refractivity contribution in [3.05, 3.63) is 45.7 Å². The fraction of sp³-hybridized carbons (Fsp3) is 0.333. The average Bonchev–Trinajstić information content (AvgIpc) is 2.72. The molecule has 1 heterocycles. The quantitative estimate of drug-likeness (QED) is 0.622. The summed E-state index contributed by atoms with van der Waals surface area (Å²) in [6, 6.07) is 7.30. The van der Waals surface area contributed by atoms with Crippen molar-refractivity contribution in [3.63, 3.8) is 0 Å². The number of rotatable bonds is 5. The van der Waals surface area contributed by atoms with E-state index < -0.39 is 0 Å². The highest BCUT2D eigenvalue weighted by Crippen LogP contribution is 2.22. The zero-order chi connectivity index (χ0) is 16.1. The van der Waals surface area contributed by atoms with Crippen molar-refractivity contribution in [2.24, 2.45) is 0 Å². The molecule has 0 bridgehead atoms. The number of benzene rings is 1. The number of aryl methyl sites for hydroxylation is 3. The molecule has 1 aromatic heterocycles. The van der Waals surface area contributed by atoms with Crippen molar-refractivity contribution in [1.82, 2.24) is 15.1 Å². The van der Waals surface area contributed by atoms with E-state index in [1.165, 1.54) is 5.69 Å². The van der Waals surface area contributed by atoms with Gasteiger partial charge in [-0.2, -0.15) is 5.10 Å². The topological polar surface area (TPSA) is 41.9 Å². The molecule has 1 aromatic carbocycles. The molecule has 2 N–H and O–H groups in total. The predicted octanol–water partition coefficient (Wildman–Crippen LogP) is 4.18. The van der Waals surface area contributed by atoms with Crippen LogP contribution in [-0.4, -0.2) is 21.4 Å². The Hall–Kier alpha value is -1.30. The van der Waals surface area contributed by atoms with Crippen LogP contribution in [0.25, 0.3) is 0 Å². The van der Waals surface area contributed by atoms with Crippen molar-refractivity contribution < 1.29 is 0 Å². The van der Waals surface area contributed by atoms with Crippen molar-refractivity contribution in [3.8, 4) is 0 Å². The Labute approximate surface area is 145 Å². The van der Waals surface area contributed by atoms with Crippen LogP contribution in [0, 0.1) is 13.8 Å². The Balaban J connectivity index is 1.75. The molecule has 7 heteroatoms. The SMILES string of the molecule is Cc1cc(C)n(CCCNC(=S)Nc2cc(Cl)cc(Cl)c2)n1. The van der Waals surface area contributed by atoms with Crippen molar-refractivity contribution in [2.75, 3.05) is 11.9 Å². The standard InChI is InChI=1S/C15H18Cl2N4S/c1-10-6-11(2)21(20-10)5-3-4-18-15(22)19-14-8-12(16)7-13(17)9-14/h6-9H,3-5H2,1-2H3,(H2,18,19,22). The maximum Gasteiger partial charge on any atom is 0.170 e. The summed E-state index contributed by atoms with van der Waals surface area (Å²) in [7, 11) is 0. The number of halogens is 2. The molecule has 0 aliphatic heterocycles. The summed E-state index contributed by atoms with van der Waals surface area (Å²) in [6.07, 6.45) is 0.931. The monoisotopic (exact) mass is 356 g/mol. The summed E-state index contributed by atoms with van der Waals surface area (Å²) in [4.78, 5) is 0. The van der Waals surface area contributed by atoms with Crippen LogP contribution in [0.3, 0.4) is 0 Å². The van der Waals surface area contributed by atoms with Gasteiger partial charge in [-0.25, -0.2) is 0 Å². The minimum absolute atomic E-state index is 0.548. The van der Waals surface area contributed by atoms with E-state index in [0.29, 0.717) is 15.2 Å². The number of nitrogens with one attached hydrogen (secondary N) is 2. The second-order valence-corrected chi connectivity index (χ2v) is 6.32. The maximum absolute atomic E-state index is 5.95. The molecule has 2 rings (SSSR count). The predicted molar refractivity (Wildman–Crippen MR) is 97.0 cm³/mol. The zero-order valence-corrected chi connectivity index (χ0v) is 14.8. The molecule has 0 spiro atoms. The minimum Gasteiger partial charge on any atom is -0.362 e. The lowest BCUT2D eigenvalue weighted by molar-refractivity contribution is 0.558. The summed E-state index contributed by atoms with van der Waals surface area (Å²) in [5.41, 5.74) is 2.99. The molecule has 0 saturated carbocycles.